The molecule has 0 aromatic rings. The number of ether oxygens (including phenoxy) is 4. The van der Waals surface area contributed by atoms with Crippen LogP contribution in [-0.4, -0.2) is 96.7 Å². The molecule has 0 aliphatic carbocycles. The quantitative estimate of drug-likeness (QED) is 0.0169. The van der Waals surface area contributed by atoms with Gasteiger partial charge in [-0.2, -0.15) is 0 Å². The Morgan fingerprint density at radius 2 is 0.500 bits per heavy atom. The van der Waals surface area contributed by atoms with Crippen LogP contribution < -0.4 is 0 Å². The number of aliphatic hydroxyl groups is 1. The van der Waals surface area contributed by atoms with Gasteiger partial charge in [-0.3, -0.25) is 37.3 Å². The topological polar surface area (TPSA) is 237 Å². The van der Waals surface area contributed by atoms with E-state index < -0.39 is 97.5 Å². The van der Waals surface area contributed by atoms with Crippen molar-refractivity contribution in [3.63, 3.8) is 0 Å². The molecule has 0 amide bonds. The minimum absolute atomic E-state index is 0.0711. The van der Waals surface area contributed by atoms with Crippen LogP contribution in [0.4, 0.5) is 0 Å². The largest absolute Gasteiger partial charge is 0.472 e. The minimum atomic E-state index is -4.99. The molecule has 0 fully saturated rings. The number of allylic oxidation sites excluding steroid dienone is 20. The first-order valence-corrected chi connectivity index (χ1v) is 43.8. The zero-order chi connectivity index (χ0) is 76.0. The zero-order valence-electron chi connectivity index (χ0n) is 65.4. The third-order valence-corrected chi connectivity index (χ3v) is 18.8. The second-order valence-electron chi connectivity index (χ2n) is 26.9. The Kier molecular flexibility index (Phi) is 73.3. The van der Waals surface area contributed by atoms with Crippen molar-refractivity contribution in [1.82, 2.24) is 0 Å². The maximum Gasteiger partial charge on any atom is 0.472 e. The summed E-state index contributed by atoms with van der Waals surface area (Å²) in [4.78, 5) is 73.1. The first kappa shape index (κ1) is 99.5. The van der Waals surface area contributed by atoms with Crippen LogP contribution in [0, 0.1) is 0 Å². The van der Waals surface area contributed by atoms with Gasteiger partial charge in [0.1, 0.15) is 19.3 Å². The second-order valence-corrected chi connectivity index (χ2v) is 29.8. The van der Waals surface area contributed by atoms with E-state index in [9.17, 15) is 43.2 Å². The lowest BCUT2D eigenvalue weighted by molar-refractivity contribution is -0.161. The summed E-state index contributed by atoms with van der Waals surface area (Å²) in [5.41, 5.74) is 0. The van der Waals surface area contributed by atoms with E-state index in [1.54, 1.807) is 0 Å². The summed E-state index contributed by atoms with van der Waals surface area (Å²) in [5, 5.41) is 10.6. The van der Waals surface area contributed by atoms with Gasteiger partial charge in [-0.25, -0.2) is 9.13 Å². The van der Waals surface area contributed by atoms with Crippen molar-refractivity contribution in [3.05, 3.63) is 122 Å². The average molecular weight is 1500 g/mol. The molecule has 17 nitrogen and oxygen atoms in total. The summed E-state index contributed by atoms with van der Waals surface area (Å²) < 4.78 is 68.6. The van der Waals surface area contributed by atoms with E-state index in [1.807, 2.05) is 0 Å². The number of esters is 4. The Bertz CT molecular complexity index is 2440. The van der Waals surface area contributed by atoms with Crippen LogP contribution in [-0.2, 0) is 65.4 Å². The van der Waals surface area contributed by atoms with Crippen LogP contribution in [0.25, 0.3) is 0 Å². The smallest absolute Gasteiger partial charge is 0.462 e. The lowest BCUT2D eigenvalue weighted by Crippen LogP contribution is -2.30. The molecule has 0 bridgehead atoms. The summed E-state index contributed by atoms with van der Waals surface area (Å²) in [7, 11) is -9.97. The van der Waals surface area contributed by atoms with Gasteiger partial charge in [-0.1, -0.05) is 278 Å². The molecule has 0 aliphatic rings. The molecule has 0 aromatic carbocycles. The van der Waals surface area contributed by atoms with Gasteiger partial charge in [-0.05, 0) is 154 Å². The van der Waals surface area contributed by atoms with Crippen molar-refractivity contribution in [1.29, 1.82) is 0 Å². The number of carbonyl (C=O) groups excluding carboxylic acids is 4. The first-order chi connectivity index (χ1) is 50.7. The van der Waals surface area contributed by atoms with E-state index in [-0.39, 0.29) is 25.7 Å². The van der Waals surface area contributed by atoms with Crippen molar-refractivity contribution in [2.45, 2.75) is 354 Å². The molecule has 5 unspecified atom stereocenters. The Labute approximate surface area is 632 Å². The Morgan fingerprint density at radius 1 is 0.279 bits per heavy atom. The highest BCUT2D eigenvalue weighted by molar-refractivity contribution is 7.47. The van der Waals surface area contributed by atoms with E-state index in [1.165, 1.54) is 44.9 Å². The fourth-order valence-corrected chi connectivity index (χ4v) is 12.3. The molecule has 0 aromatic heterocycles. The molecule has 19 heteroatoms. The van der Waals surface area contributed by atoms with E-state index in [0.717, 1.165) is 212 Å². The summed E-state index contributed by atoms with van der Waals surface area (Å²) >= 11 is 0. The van der Waals surface area contributed by atoms with Crippen molar-refractivity contribution in [2.75, 3.05) is 39.6 Å². The number of hydrogen-bond donors (Lipinski definition) is 3. The van der Waals surface area contributed by atoms with E-state index in [2.05, 4.69) is 149 Å². The van der Waals surface area contributed by atoms with Crippen LogP contribution >= 0.6 is 15.6 Å². The molecule has 0 heterocycles. The molecule has 0 radical (unpaired) electrons. The highest BCUT2D eigenvalue weighted by Gasteiger charge is 2.30. The number of phosphoric ester groups is 2. The first-order valence-electron chi connectivity index (χ1n) is 40.8. The van der Waals surface area contributed by atoms with E-state index >= 15 is 0 Å². The molecule has 0 saturated carbocycles. The van der Waals surface area contributed by atoms with Crippen molar-refractivity contribution >= 4 is 39.5 Å². The molecule has 0 spiro atoms. The van der Waals surface area contributed by atoms with Crippen molar-refractivity contribution < 1.29 is 80.2 Å². The summed E-state index contributed by atoms with van der Waals surface area (Å²) in [6.45, 7) is 4.59. The SMILES string of the molecule is CC/C=C\C/C=C\C/C=C\CCCCCCCCCC(=O)OCC(COP(=O)(O)OCC(O)COP(=O)(O)OCC(COC(=O)CCCCCCCC/C=C\C/C=C\C/C=C\CCCCC)OC(=O)CCCCCCC/C=C\CCCCCC)OC(=O)CCCCCCC/C=C\C/C=C\C/C=C\CC. The predicted molar refractivity (Wildman–Crippen MR) is 427 cm³/mol. The molecule has 3 N–H and O–H groups in total. The number of carbonyl (C=O) groups is 4. The summed E-state index contributed by atoms with van der Waals surface area (Å²) in [6.07, 6.45) is 84.5. The Balaban J connectivity index is 5.37. The van der Waals surface area contributed by atoms with Crippen molar-refractivity contribution in [2.24, 2.45) is 0 Å². The molecule has 0 rings (SSSR count). The van der Waals surface area contributed by atoms with Crippen molar-refractivity contribution in [3.8, 4) is 0 Å². The highest BCUT2D eigenvalue weighted by Crippen LogP contribution is 2.45. The van der Waals surface area contributed by atoms with E-state index in [0.29, 0.717) is 25.7 Å². The number of phosphoric acid groups is 2. The van der Waals surface area contributed by atoms with Gasteiger partial charge in [0.25, 0.3) is 0 Å². The monoisotopic (exact) mass is 1500 g/mol. The molecule has 0 saturated heterocycles. The third kappa shape index (κ3) is 75.7. The maximum atomic E-state index is 13.1. The molecular formula is C85H146O17P2. The van der Waals surface area contributed by atoms with Gasteiger partial charge in [0.15, 0.2) is 12.2 Å². The zero-order valence-corrected chi connectivity index (χ0v) is 67.2. The van der Waals surface area contributed by atoms with Gasteiger partial charge >= 0.3 is 39.5 Å². The summed E-state index contributed by atoms with van der Waals surface area (Å²) in [6, 6.07) is 0. The fourth-order valence-electron chi connectivity index (χ4n) is 10.7. The maximum absolute atomic E-state index is 13.1. The molecule has 598 valence electrons. The van der Waals surface area contributed by atoms with Gasteiger partial charge in [-0.15, -0.1) is 0 Å². The Morgan fingerprint density at radius 3 is 0.798 bits per heavy atom. The van der Waals surface area contributed by atoms with Crippen LogP contribution in [0.15, 0.2) is 122 Å². The number of rotatable bonds is 76. The molecular weight excluding hydrogens is 1350 g/mol. The third-order valence-electron chi connectivity index (χ3n) is 16.9. The van der Waals surface area contributed by atoms with Gasteiger partial charge in [0, 0.05) is 25.7 Å². The second kappa shape index (κ2) is 76.6. The van der Waals surface area contributed by atoms with Gasteiger partial charge < -0.3 is 33.8 Å². The Hall–Kier alpha value is -4.54. The molecule has 104 heavy (non-hydrogen) atoms. The lowest BCUT2D eigenvalue weighted by atomic mass is 10.1. The number of unbranched alkanes of at least 4 members (excludes halogenated alkanes) is 30. The minimum Gasteiger partial charge on any atom is -0.462 e. The van der Waals surface area contributed by atoms with Gasteiger partial charge in [0.2, 0.25) is 0 Å². The standard InChI is InChI=1S/C85H146O17P2/c1-5-9-13-17-21-25-29-33-36-38-39-41-44-47-50-54-58-62-66-70-83(88)95-75-80(101-84(89)71-67-63-59-55-51-45-32-28-24-20-16-12-8-4)77-99-103(91,92)97-73-79(86)74-98-104(93,94)100-78-81(102-85(90)72-68-64-60-56-52-48-42-35-31-27-23-19-15-11-7-3)76-96-82(87)69-65-61-57-53-49-46-43-40-37-34-30-26-22-18-14-10-6-2/h10-11,14-15,21-23,25-28,32-37,39,41-42,79-81,86H,5-9,12-13,16-20,24,29-31,38,40,43-78H2,1-4H3,(H,91,92)(H,93,94)/b14-10-,15-11-,25-21-,26-22-,27-23-,32-28-,36-33-,37-34-,41-39-,42-35-. The van der Waals surface area contributed by atoms with Crippen LogP contribution in [0.3, 0.4) is 0 Å². The van der Waals surface area contributed by atoms with Crippen LogP contribution in [0.1, 0.15) is 336 Å². The normalized spacial score (nSPS) is 14.5. The van der Waals surface area contributed by atoms with Crippen LogP contribution in [0.2, 0.25) is 0 Å². The average Bonchev–Trinajstić information content (AvgIpc) is 0.939. The summed E-state index contributed by atoms with van der Waals surface area (Å²) in [5.74, 6) is -2.22. The molecule has 5 atom stereocenters. The number of aliphatic hydroxyl groups excluding tert-OH is 1. The molecule has 0 aliphatic heterocycles. The predicted octanol–water partition coefficient (Wildman–Crippen LogP) is 23.9. The fraction of sp³-hybridized carbons (Fsp3) is 0.718. The van der Waals surface area contributed by atoms with Gasteiger partial charge in [0.05, 0.1) is 26.4 Å². The number of hydrogen-bond acceptors (Lipinski definition) is 15. The van der Waals surface area contributed by atoms with E-state index in [4.69, 9.17) is 37.0 Å². The highest BCUT2D eigenvalue weighted by atomic mass is 31.2. The van der Waals surface area contributed by atoms with Crippen LogP contribution in [0.5, 0.6) is 0 Å². The lowest BCUT2D eigenvalue weighted by Gasteiger charge is -2.21.